The summed E-state index contributed by atoms with van der Waals surface area (Å²) >= 11 is 3.54. The molecule has 1 aliphatic rings. The Morgan fingerprint density at radius 3 is 2.90 bits per heavy atom. The number of aliphatic imine (C=N–C) groups is 1. The third-order valence-corrected chi connectivity index (χ3v) is 6.72. The molecule has 1 atom stereocenters. The maximum atomic E-state index is 13.5. The molecule has 2 N–H and O–H groups in total. The number of rotatable bonds is 8. The van der Waals surface area contributed by atoms with Crippen molar-refractivity contribution in [2.24, 2.45) is 10.9 Å². The largest absolute Gasteiger partial charge is 0.356 e. The van der Waals surface area contributed by atoms with E-state index in [4.69, 9.17) is 0 Å². The highest BCUT2D eigenvalue weighted by Crippen LogP contribution is 2.20. The third-order valence-electron chi connectivity index (χ3n) is 5.26. The third kappa shape index (κ3) is 8.01. The first-order valence-electron chi connectivity index (χ1n) is 10.1. The SMILES string of the molecule is CN=C(NCc1ccc(F)cc1CSC)NCC1CCCN(Cc2cccs2)C1.I. The van der Waals surface area contributed by atoms with Crippen molar-refractivity contribution in [3.63, 3.8) is 0 Å². The molecule has 1 saturated heterocycles. The lowest BCUT2D eigenvalue weighted by molar-refractivity contribution is 0.169. The maximum absolute atomic E-state index is 13.5. The van der Waals surface area contributed by atoms with Crippen LogP contribution in [-0.2, 0) is 18.8 Å². The number of likely N-dealkylation sites (tertiary alicyclic amines) is 1. The molecule has 0 radical (unpaired) electrons. The van der Waals surface area contributed by atoms with Gasteiger partial charge < -0.3 is 10.6 Å². The smallest absolute Gasteiger partial charge is 0.191 e. The van der Waals surface area contributed by atoms with Gasteiger partial charge in [0.2, 0.25) is 0 Å². The topological polar surface area (TPSA) is 39.7 Å². The normalized spacial score (nSPS) is 17.4. The summed E-state index contributed by atoms with van der Waals surface area (Å²) in [6.45, 7) is 4.93. The summed E-state index contributed by atoms with van der Waals surface area (Å²) in [7, 11) is 1.80. The van der Waals surface area contributed by atoms with Gasteiger partial charge in [0.15, 0.2) is 5.96 Å². The van der Waals surface area contributed by atoms with Gasteiger partial charge in [0.1, 0.15) is 5.82 Å². The average Bonchev–Trinajstić information content (AvgIpc) is 3.23. The van der Waals surface area contributed by atoms with E-state index in [1.165, 1.54) is 30.3 Å². The Hall–Kier alpha value is -0.840. The van der Waals surface area contributed by atoms with E-state index < -0.39 is 0 Å². The van der Waals surface area contributed by atoms with Gasteiger partial charge in [-0.15, -0.1) is 35.3 Å². The predicted molar refractivity (Wildman–Crippen MR) is 140 cm³/mol. The predicted octanol–water partition coefficient (Wildman–Crippen LogP) is 4.95. The van der Waals surface area contributed by atoms with Gasteiger partial charge in [0.25, 0.3) is 0 Å². The number of thioether (sulfide) groups is 1. The van der Waals surface area contributed by atoms with Crippen LogP contribution in [0, 0.1) is 11.7 Å². The number of halogens is 2. The van der Waals surface area contributed by atoms with Crippen molar-refractivity contribution in [1.82, 2.24) is 15.5 Å². The van der Waals surface area contributed by atoms with Crippen LogP contribution < -0.4 is 10.6 Å². The zero-order valence-electron chi connectivity index (χ0n) is 17.7. The van der Waals surface area contributed by atoms with Crippen LogP contribution in [0.2, 0.25) is 0 Å². The molecule has 1 fully saturated rings. The lowest BCUT2D eigenvalue weighted by Crippen LogP contribution is -2.44. The van der Waals surface area contributed by atoms with E-state index >= 15 is 0 Å². The van der Waals surface area contributed by atoms with Crippen LogP contribution in [0.15, 0.2) is 40.7 Å². The molecule has 2 aromatic rings. The van der Waals surface area contributed by atoms with Crippen LogP contribution in [0.4, 0.5) is 4.39 Å². The van der Waals surface area contributed by atoms with Crippen molar-refractivity contribution in [3.05, 3.63) is 57.5 Å². The number of guanidine groups is 1. The number of piperidine rings is 1. The molecule has 1 aromatic heterocycles. The Labute approximate surface area is 205 Å². The average molecular weight is 563 g/mol. The van der Waals surface area contributed by atoms with Gasteiger partial charge in [0, 0.05) is 43.9 Å². The van der Waals surface area contributed by atoms with E-state index in [0.717, 1.165) is 42.5 Å². The Bertz CT molecular complexity index is 785. The Kier molecular flexibility index (Phi) is 11.5. The van der Waals surface area contributed by atoms with E-state index in [-0.39, 0.29) is 29.8 Å². The molecule has 0 bridgehead atoms. The number of benzene rings is 1. The van der Waals surface area contributed by atoms with Gasteiger partial charge in [-0.1, -0.05) is 12.1 Å². The number of nitrogens with one attached hydrogen (secondary N) is 2. The van der Waals surface area contributed by atoms with Gasteiger partial charge in [-0.3, -0.25) is 9.89 Å². The molecule has 0 spiro atoms. The fraction of sp³-hybridized carbons (Fsp3) is 0.500. The van der Waals surface area contributed by atoms with Gasteiger partial charge in [-0.2, -0.15) is 11.8 Å². The summed E-state index contributed by atoms with van der Waals surface area (Å²) in [6.07, 6.45) is 4.53. The Morgan fingerprint density at radius 2 is 2.17 bits per heavy atom. The zero-order valence-corrected chi connectivity index (χ0v) is 21.7. The minimum atomic E-state index is -0.176. The zero-order chi connectivity index (χ0) is 20.5. The lowest BCUT2D eigenvalue weighted by atomic mass is 9.98. The molecule has 0 aliphatic carbocycles. The summed E-state index contributed by atoms with van der Waals surface area (Å²) in [5, 5.41) is 9.03. The van der Waals surface area contributed by atoms with Gasteiger partial charge in [0.05, 0.1) is 0 Å². The molecule has 166 valence electrons. The molecule has 3 rings (SSSR count). The summed E-state index contributed by atoms with van der Waals surface area (Å²) in [5.74, 6) is 2.06. The van der Waals surface area contributed by atoms with Crippen LogP contribution in [0.1, 0.15) is 28.8 Å². The standard InChI is InChI=1S/C22H31FN4S2.HI/c1-24-22(26-13-18-7-8-20(23)11-19(18)16-28-2)25-12-17-5-3-9-27(14-17)15-21-6-4-10-29-21;/h4,6-8,10-11,17H,3,5,9,12-16H2,1-2H3,(H2,24,25,26);1H. The maximum Gasteiger partial charge on any atom is 0.191 e. The second kappa shape index (κ2) is 13.5. The van der Waals surface area contributed by atoms with Gasteiger partial charge in [-0.05, 0) is 66.3 Å². The highest BCUT2D eigenvalue weighted by atomic mass is 127. The second-order valence-electron chi connectivity index (χ2n) is 7.48. The monoisotopic (exact) mass is 562 g/mol. The molecule has 8 heteroatoms. The fourth-order valence-corrected chi connectivity index (χ4v) is 5.11. The van der Waals surface area contributed by atoms with Gasteiger partial charge in [-0.25, -0.2) is 4.39 Å². The Morgan fingerprint density at radius 1 is 1.30 bits per heavy atom. The lowest BCUT2D eigenvalue weighted by Gasteiger charge is -2.32. The summed E-state index contributed by atoms with van der Waals surface area (Å²) in [6, 6.07) is 9.38. The Balaban J connectivity index is 0.00000320. The molecular weight excluding hydrogens is 530 g/mol. The summed E-state index contributed by atoms with van der Waals surface area (Å²) in [4.78, 5) is 8.37. The molecule has 1 aromatic carbocycles. The first-order chi connectivity index (χ1) is 14.2. The van der Waals surface area contributed by atoms with Crippen LogP contribution >= 0.6 is 47.1 Å². The van der Waals surface area contributed by atoms with E-state index in [1.807, 2.05) is 23.7 Å². The van der Waals surface area contributed by atoms with Crippen LogP contribution in [0.25, 0.3) is 0 Å². The molecule has 0 amide bonds. The quantitative estimate of drug-likeness (QED) is 0.272. The molecule has 0 saturated carbocycles. The van der Waals surface area contributed by atoms with Crippen LogP contribution in [0.3, 0.4) is 0 Å². The molecule has 1 unspecified atom stereocenters. The van der Waals surface area contributed by atoms with Gasteiger partial charge >= 0.3 is 0 Å². The molecule has 30 heavy (non-hydrogen) atoms. The number of hydrogen-bond acceptors (Lipinski definition) is 4. The van der Waals surface area contributed by atoms with Crippen molar-refractivity contribution >= 4 is 53.0 Å². The van der Waals surface area contributed by atoms with Crippen molar-refractivity contribution < 1.29 is 4.39 Å². The highest BCUT2D eigenvalue weighted by molar-refractivity contribution is 14.0. The summed E-state index contributed by atoms with van der Waals surface area (Å²) < 4.78 is 13.5. The van der Waals surface area contributed by atoms with Crippen molar-refractivity contribution in [2.75, 3.05) is 32.9 Å². The van der Waals surface area contributed by atoms with Crippen LogP contribution in [0.5, 0.6) is 0 Å². The first-order valence-corrected chi connectivity index (χ1v) is 12.4. The van der Waals surface area contributed by atoms with Crippen molar-refractivity contribution in [2.45, 2.75) is 31.7 Å². The summed E-state index contributed by atoms with van der Waals surface area (Å²) in [5.41, 5.74) is 2.15. The van der Waals surface area contributed by atoms with E-state index in [2.05, 4.69) is 38.0 Å². The van der Waals surface area contributed by atoms with E-state index in [9.17, 15) is 4.39 Å². The minimum absolute atomic E-state index is 0. The van der Waals surface area contributed by atoms with Crippen molar-refractivity contribution in [3.8, 4) is 0 Å². The fourth-order valence-electron chi connectivity index (χ4n) is 3.78. The number of thiophene rings is 1. The minimum Gasteiger partial charge on any atom is -0.356 e. The molecule has 1 aliphatic heterocycles. The van der Waals surface area contributed by atoms with E-state index in [1.54, 1.807) is 24.9 Å². The number of nitrogens with zero attached hydrogens (tertiary/aromatic N) is 2. The second-order valence-corrected chi connectivity index (χ2v) is 9.37. The molecule has 4 nitrogen and oxygen atoms in total. The first kappa shape index (κ1) is 25.4. The highest BCUT2D eigenvalue weighted by Gasteiger charge is 2.20. The van der Waals surface area contributed by atoms with Crippen molar-refractivity contribution in [1.29, 1.82) is 0 Å². The number of hydrogen-bond donors (Lipinski definition) is 2. The molecular formula is C22H32FIN4S2. The molecule has 2 heterocycles. The van der Waals surface area contributed by atoms with Crippen LogP contribution in [-0.4, -0.2) is 43.8 Å². The van der Waals surface area contributed by atoms with E-state index in [0.29, 0.717) is 12.5 Å².